The van der Waals surface area contributed by atoms with Crippen LogP contribution in [0, 0.1) is 17.4 Å². The molecule has 3 saturated heterocycles. The van der Waals surface area contributed by atoms with Gasteiger partial charge in [0, 0.05) is 12.3 Å². The molecular formula is C12H18N2O. The van der Waals surface area contributed by atoms with Crippen molar-refractivity contribution in [2.45, 2.75) is 33.1 Å². The Labute approximate surface area is 91.5 Å². The van der Waals surface area contributed by atoms with Crippen LogP contribution >= 0.6 is 0 Å². The third kappa shape index (κ3) is 2.00. The number of rotatable bonds is 2. The quantitative estimate of drug-likeness (QED) is 0.391. The molecule has 0 atom stereocenters. The van der Waals surface area contributed by atoms with E-state index in [9.17, 15) is 0 Å². The fraction of sp³-hybridized carbons (Fsp3) is 0.750. The Balaban J connectivity index is 2.06. The Kier molecular flexibility index (Phi) is 2.97. The predicted molar refractivity (Wildman–Crippen MR) is 60.4 cm³/mol. The molecule has 0 spiro atoms. The Morgan fingerprint density at radius 2 is 1.87 bits per heavy atom. The lowest BCUT2D eigenvalue weighted by Gasteiger charge is -2.48. The van der Waals surface area contributed by atoms with Crippen molar-refractivity contribution in [2.24, 2.45) is 10.6 Å². The van der Waals surface area contributed by atoms with Gasteiger partial charge < -0.3 is 9.74 Å². The minimum atomic E-state index is 0.310. The van der Waals surface area contributed by atoms with E-state index in [0.29, 0.717) is 5.41 Å². The van der Waals surface area contributed by atoms with Crippen molar-refractivity contribution in [3.8, 4) is 12.0 Å². The lowest BCUT2D eigenvalue weighted by Crippen LogP contribution is -2.51. The Hall–Kier alpha value is -1.01. The molecule has 0 aromatic rings. The zero-order chi connectivity index (χ0) is 10.7. The monoisotopic (exact) mass is 206 g/mol. The summed E-state index contributed by atoms with van der Waals surface area (Å²) in [5.41, 5.74) is 1.44. The van der Waals surface area contributed by atoms with Crippen LogP contribution < -0.4 is 0 Å². The number of hydrogen-bond acceptors (Lipinski definition) is 3. The predicted octanol–water partition coefficient (Wildman–Crippen LogP) is 1.85. The molecule has 0 aromatic carbocycles. The van der Waals surface area contributed by atoms with E-state index in [1.54, 1.807) is 6.92 Å². The summed E-state index contributed by atoms with van der Waals surface area (Å²) in [6, 6.07) is 0. The third-order valence-electron chi connectivity index (χ3n) is 3.82. The summed E-state index contributed by atoms with van der Waals surface area (Å²) < 4.78 is 0. The average Bonchev–Trinajstić information content (AvgIpc) is 2.32. The van der Waals surface area contributed by atoms with Gasteiger partial charge in [-0.05, 0) is 45.8 Å². The Bertz CT molecular complexity index is 302. The molecule has 82 valence electrons. The lowest BCUT2D eigenvalue weighted by molar-refractivity contribution is 0.0718. The SMILES string of the molecule is CC#CON=C(C)C12CCN(CC1)CC2. The molecule has 3 rings (SSSR count). The van der Waals surface area contributed by atoms with E-state index < -0.39 is 0 Å². The second kappa shape index (κ2) is 4.24. The minimum absolute atomic E-state index is 0.310. The smallest absolute Gasteiger partial charge is 0.148 e. The Morgan fingerprint density at radius 3 is 2.40 bits per heavy atom. The fourth-order valence-electron chi connectivity index (χ4n) is 2.60. The van der Waals surface area contributed by atoms with Crippen molar-refractivity contribution < 1.29 is 4.84 Å². The maximum absolute atomic E-state index is 4.96. The van der Waals surface area contributed by atoms with Crippen molar-refractivity contribution >= 4 is 5.71 Å². The van der Waals surface area contributed by atoms with Crippen LogP contribution in [0.5, 0.6) is 0 Å². The molecule has 2 bridgehead atoms. The maximum Gasteiger partial charge on any atom is 0.148 e. The second-order valence-electron chi connectivity index (χ2n) is 4.49. The van der Waals surface area contributed by atoms with Crippen molar-refractivity contribution in [3.63, 3.8) is 0 Å². The standard InChI is InChI=1S/C12H18N2O/c1-3-10-15-13-11(2)12-4-7-14(8-5-12)9-6-12/h4-9H2,1-2H3. The molecule has 15 heavy (non-hydrogen) atoms. The highest BCUT2D eigenvalue weighted by Crippen LogP contribution is 2.41. The zero-order valence-corrected chi connectivity index (χ0v) is 9.55. The summed E-state index contributed by atoms with van der Waals surface area (Å²) in [6.07, 6.45) is 6.21. The van der Waals surface area contributed by atoms with Crippen LogP contribution in [0.15, 0.2) is 5.16 Å². The highest BCUT2D eigenvalue weighted by Gasteiger charge is 2.41. The maximum atomic E-state index is 4.96. The van der Waals surface area contributed by atoms with E-state index in [4.69, 9.17) is 4.84 Å². The molecule has 3 heteroatoms. The van der Waals surface area contributed by atoms with E-state index in [-0.39, 0.29) is 0 Å². The summed E-state index contributed by atoms with van der Waals surface area (Å²) in [5.74, 6) is 2.68. The number of oxime groups is 1. The van der Waals surface area contributed by atoms with Crippen LogP contribution in [0.1, 0.15) is 33.1 Å². The summed E-state index contributed by atoms with van der Waals surface area (Å²) in [4.78, 5) is 7.48. The van der Waals surface area contributed by atoms with Gasteiger partial charge in [0.15, 0.2) is 0 Å². The first-order valence-electron chi connectivity index (χ1n) is 5.62. The molecule has 3 fully saturated rings. The molecule has 0 aromatic heterocycles. The fourth-order valence-corrected chi connectivity index (χ4v) is 2.60. The van der Waals surface area contributed by atoms with E-state index in [2.05, 4.69) is 29.0 Å². The Morgan fingerprint density at radius 1 is 1.27 bits per heavy atom. The van der Waals surface area contributed by atoms with Crippen LogP contribution in [0.4, 0.5) is 0 Å². The van der Waals surface area contributed by atoms with Gasteiger partial charge in [0.05, 0.1) is 5.71 Å². The topological polar surface area (TPSA) is 24.8 Å². The van der Waals surface area contributed by atoms with Gasteiger partial charge in [0.2, 0.25) is 0 Å². The first-order chi connectivity index (χ1) is 7.27. The van der Waals surface area contributed by atoms with Gasteiger partial charge in [-0.3, -0.25) is 0 Å². The first kappa shape index (κ1) is 10.5. The highest BCUT2D eigenvalue weighted by molar-refractivity contribution is 5.88. The normalized spacial score (nSPS) is 34.5. The summed E-state index contributed by atoms with van der Waals surface area (Å²) in [5, 5.41) is 4.13. The molecule has 3 aliphatic rings. The van der Waals surface area contributed by atoms with Gasteiger partial charge in [-0.1, -0.05) is 11.1 Å². The minimum Gasteiger partial charge on any atom is -0.304 e. The number of fused-ring (bicyclic) bond motifs is 3. The molecule has 0 aliphatic carbocycles. The summed E-state index contributed by atoms with van der Waals surface area (Å²) in [7, 11) is 0. The molecule has 3 heterocycles. The van der Waals surface area contributed by atoms with Gasteiger partial charge in [-0.2, -0.15) is 0 Å². The molecule has 0 amide bonds. The van der Waals surface area contributed by atoms with Crippen LogP contribution in [0.3, 0.4) is 0 Å². The third-order valence-corrected chi connectivity index (χ3v) is 3.82. The van der Waals surface area contributed by atoms with Crippen molar-refractivity contribution in [1.82, 2.24) is 4.90 Å². The van der Waals surface area contributed by atoms with Gasteiger partial charge in [-0.15, -0.1) is 0 Å². The highest BCUT2D eigenvalue weighted by atomic mass is 16.6. The van der Waals surface area contributed by atoms with Crippen molar-refractivity contribution in [3.05, 3.63) is 0 Å². The van der Waals surface area contributed by atoms with Gasteiger partial charge in [-0.25, -0.2) is 0 Å². The molecule has 0 N–H and O–H groups in total. The number of hydrogen-bond donors (Lipinski definition) is 0. The van der Waals surface area contributed by atoms with Crippen LogP contribution in [-0.4, -0.2) is 30.2 Å². The van der Waals surface area contributed by atoms with Crippen molar-refractivity contribution in [2.75, 3.05) is 19.6 Å². The van der Waals surface area contributed by atoms with Crippen LogP contribution in [0.25, 0.3) is 0 Å². The van der Waals surface area contributed by atoms with E-state index in [0.717, 1.165) is 5.71 Å². The number of piperidine rings is 3. The molecule has 3 nitrogen and oxygen atoms in total. The zero-order valence-electron chi connectivity index (χ0n) is 9.55. The van der Waals surface area contributed by atoms with Crippen LogP contribution in [-0.2, 0) is 4.84 Å². The summed E-state index contributed by atoms with van der Waals surface area (Å²) >= 11 is 0. The largest absolute Gasteiger partial charge is 0.304 e. The first-order valence-corrected chi connectivity index (χ1v) is 5.62. The van der Waals surface area contributed by atoms with Crippen LogP contribution in [0.2, 0.25) is 0 Å². The molecule has 0 unspecified atom stereocenters. The van der Waals surface area contributed by atoms with E-state index >= 15 is 0 Å². The molecule has 0 radical (unpaired) electrons. The van der Waals surface area contributed by atoms with Gasteiger partial charge in [0.25, 0.3) is 0 Å². The number of nitrogens with zero attached hydrogens (tertiary/aromatic N) is 2. The molecular weight excluding hydrogens is 188 g/mol. The van der Waals surface area contributed by atoms with Crippen molar-refractivity contribution in [1.29, 1.82) is 0 Å². The van der Waals surface area contributed by atoms with Gasteiger partial charge >= 0.3 is 0 Å². The molecule has 0 saturated carbocycles. The van der Waals surface area contributed by atoms with Gasteiger partial charge in [0.1, 0.15) is 6.11 Å². The molecule has 3 aliphatic heterocycles. The second-order valence-corrected chi connectivity index (χ2v) is 4.49. The van der Waals surface area contributed by atoms with E-state index in [1.165, 1.54) is 38.9 Å². The van der Waals surface area contributed by atoms with E-state index in [1.807, 2.05) is 0 Å². The lowest BCUT2D eigenvalue weighted by atomic mass is 9.69. The summed E-state index contributed by atoms with van der Waals surface area (Å²) in [6.45, 7) is 7.48. The average molecular weight is 206 g/mol.